The third kappa shape index (κ3) is 3.87. The van der Waals surface area contributed by atoms with Gasteiger partial charge < -0.3 is 10.8 Å². The molecule has 78 valence electrons. The maximum atomic E-state index is 9.34. The first kappa shape index (κ1) is 11.2. The van der Waals surface area contributed by atoms with E-state index in [9.17, 15) is 5.11 Å². The van der Waals surface area contributed by atoms with Crippen LogP contribution in [0.4, 0.5) is 0 Å². The second-order valence-electron chi connectivity index (χ2n) is 3.57. The lowest BCUT2D eigenvalue weighted by Crippen LogP contribution is -2.33. The fourth-order valence-electron chi connectivity index (χ4n) is 1.39. The molecule has 0 heterocycles. The average Bonchev–Trinajstić information content (AvgIpc) is 2.19. The third-order valence-corrected chi connectivity index (χ3v) is 2.09. The summed E-state index contributed by atoms with van der Waals surface area (Å²) in [4.78, 5) is 2.06. The predicted molar refractivity (Wildman–Crippen MR) is 57.8 cm³/mol. The molecule has 0 radical (unpaired) electrons. The smallest absolute Gasteiger partial charge is 0.0789 e. The van der Waals surface area contributed by atoms with Crippen molar-refractivity contribution in [1.82, 2.24) is 4.90 Å². The van der Waals surface area contributed by atoms with Crippen LogP contribution < -0.4 is 5.73 Å². The van der Waals surface area contributed by atoms with Gasteiger partial charge in [-0.25, -0.2) is 0 Å². The van der Waals surface area contributed by atoms with Gasteiger partial charge >= 0.3 is 0 Å². The number of nitrogens with two attached hydrogens (primary N) is 1. The van der Waals surface area contributed by atoms with Crippen molar-refractivity contribution in [2.75, 3.05) is 20.1 Å². The lowest BCUT2D eigenvalue weighted by atomic mass is 10.2. The van der Waals surface area contributed by atoms with Crippen molar-refractivity contribution in [1.29, 1.82) is 0 Å². The van der Waals surface area contributed by atoms with Gasteiger partial charge in [-0.05, 0) is 12.6 Å². The van der Waals surface area contributed by atoms with Crippen molar-refractivity contribution in [3.63, 3.8) is 0 Å². The van der Waals surface area contributed by atoms with Gasteiger partial charge in [0.1, 0.15) is 0 Å². The molecule has 3 nitrogen and oxygen atoms in total. The van der Waals surface area contributed by atoms with E-state index in [-0.39, 0.29) is 0 Å². The molecular weight excluding hydrogens is 176 g/mol. The van der Waals surface area contributed by atoms with Crippen molar-refractivity contribution in [3.05, 3.63) is 35.9 Å². The zero-order valence-corrected chi connectivity index (χ0v) is 8.56. The molecule has 0 aliphatic rings. The molecule has 1 rings (SSSR count). The van der Waals surface area contributed by atoms with E-state index in [0.29, 0.717) is 13.1 Å². The molecule has 3 N–H and O–H groups in total. The van der Waals surface area contributed by atoms with E-state index in [0.717, 1.165) is 6.54 Å². The van der Waals surface area contributed by atoms with Crippen LogP contribution in [0.5, 0.6) is 0 Å². The Morgan fingerprint density at radius 3 is 2.57 bits per heavy atom. The second-order valence-corrected chi connectivity index (χ2v) is 3.57. The summed E-state index contributed by atoms with van der Waals surface area (Å²) < 4.78 is 0. The van der Waals surface area contributed by atoms with E-state index in [1.165, 1.54) is 5.56 Å². The van der Waals surface area contributed by atoms with E-state index >= 15 is 0 Å². The molecule has 1 aromatic carbocycles. The molecule has 3 heteroatoms. The highest BCUT2D eigenvalue weighted by Crippen LogP contribution is 2.02. The quantitative estimate of drug-likeness (QED) is 0.715. The molecule has 1 unspecified atom stereocenters. The summed E-state index contributed by atoms with van der Waals surface area (Å²) in [5.74, 6) is 0. The van der Waals surface area contributed by atoms with Crippen LogP contribution in [0, 0.1) is 0 Å². The highest BCUT2D eigenvalue weighted by molar-refractivity contribution is 5.14. The predicted octanol–water partition coefficient (Wildman–Crippen LogP) is 0.438. The number of aliphatic hydroxyl groups is 1. The van der Waals surface area contributed by atoms with Crippen LogP contribution >= 0.6 is 0 Å². The minimum absolute atomic E-state index is 0.319. The monoisotopic (exact) mass is 194 g/mol. The highest BCUT2D eigenvalue weighted by Gasteiger charge is 2.05. The average molecular weight is 194 g/mol. The van der Waals surface area contributed by atoms with Gasteiger partial charge in [0.05, 0.1) is 6.10 Å². The van der Waals surface area contributed by atoms with E-state index < -0.39 is 6.10 Å². The largest absolute Gasteiger partial charge is 0.390 e. The Morgan fingerprint density at radius 2 is 2.00 bits per heavy atom. The Labute approximate surface area is 85.2 Å². The van der Waals surface area contributed by atoms with Gasteiger partial charge in [-0.1, -0.05) is 30.3 Å². The molecule has 0 fully saturated rings. The summed E-state index contributed by atoms with van der Waals surface area (Å²) in [6, 6.07) is 10.2. The van der Waals surface area contributed by atoms with Crippen LogP contribution in [-0.2, 0) is 6.54 Å². The van der Waals surface area contributed by atoms with Crippen LogP contribution in [0.2, 0.25) is 0 Å². The van der Waals surface area contributed by atoms with Gasteiger partial charge in [0.25, 0.3) is 0 Å². The van der Waals surface area contributed by atoms with Crippen LogP contribution in [-0.4, -0.2) is 36.2 Å². The lowest BCUT2D eigenvalue weighted by Gasteiger charge is -2.19. The third-order valence-electron chi connectivity index (χ3n) is 2.09. The van der Waals surface area contributed by atoms with Gasteiger partial charge in [0.15, 0.2) is 0 Å². The Hall–Kier alpha value is -0.900. The molecule has 1 atom stereocenters. The molecule has 0 spiro atoms. The van der Waals surface area contributed by atoms with Crippen LogP contribution in [0.15, 0.2) is 30.3 Å². The van der Waals surface area contributed by atoms with Crippen LogP contribution in [0.25, 0.3) is 0 Å². The van der Waals surface area contributed by atoms with Crippen molar-refractivity contribution in [2.24, 2.45) is 5.73 Å². The summed E-state index contributed by atoms with van der Waals surface area (Å²) in [6.07, 6.45) is -0.427. The molecule has 0 aliphatic carbocycles. The molecule has 0 saturated carbocycles. The Balaban J connectivity index is 2.37. The first-order valence-electron chi connectivity index (χ1n) is 4.83. The van der Waals surface area contributed by atoms with E-state index in [1.54, 1.807) is 0 Å². The summed E-state index contributed by atoms with van der Waals surface area (Å²) in [7, 11) is 1.98. The first-order chi connectivity index (χ1) is 6.72. The minimum atomic E-state index is -0.427. The number of nitrogens with zero attached hydrogens (tertiary/aromatic N) is 1. The van der Waals surface area contributed by atoms with Crippen LogP contribution in [0.1, 0.15) is 5.56 Å². The number of benzene rings is 1. The number of hydrogen-bond donors (Lipinski definition) is 2. The Bertz CT molecular complexity index is 251. The summed E-state index contributed by atoms with van der Waals surface area (Å²) in [5, 5.41) is 9.34. The molecule has 0 bridgehead atoms. The van der Waals surface area contributed by atoms with Gasteiger partial charge in [-0.15, -0.1) is 0 Å². The lowest BCUT2D eigenvalue weighted by molar-refractivity contribution is 0.129. The number of hydrogen-bond acceptors (Lipinski definition) is 3. The van der Waals surface area contributed by atoms with Gasteiger partial charge in [0, 0.05) is 19.6 Å². The van der Waals surface area contributed by atoms with E-state index in [4.69, 9.17) is 5.73 Å². The van der Waals surface area contributed by atoms with Crippen molar-refractivity contribution in [2.45, 2.75) is 12.6 Å². The Morgan fingerprint density at radius 1 is 1.36 bits per heavy atom. The SMILES string of the molecule is CN(Cc1ccccc1)CC(O)CN. The van der Waals surface area contributed by atoms with Crippen molar-refractivity contribution < 1.29 is 5.11 Å². The zero-order chi connectivity index (χ0) is 10.4. The van der Waals surface area contributed by atoms with Crippen molar-refractivity contribution >= 4 is 0 Å². The van der Waals surface area contributed by atoms with E-state index in [1.807, 2.05) is 25.2 Å². The molecule has 0 aliphatic heterocycles. The molecular formula is C11H18N2O. The molecule has 0 aromatic heterocycles. The molecule has 14 heavy (non-hydrogen) atoms. The van der Waals surface area contributed by atoms with E-state index in [2.05, 4.69) is 17.0 Å². The minimum Gasteiger partial charge on any atom is -0.390 e. The van der Waals surface area contributed by atoms with Gasteiger partial charge in [0.2, 0.25) is 0 Å². The fraction of sp³-hybridized carbons (Fsp3) is 0.455. The topological polar surface area (TPSA) is 49.5 Å². The Kier molecular flexibility index (Phi) is 4.59. The first-order valence-corrected chi connectivity index (χ1v) is 4.83. The summed E-state index contributed by atoms with van der Waals surface area (Å²) in [6.45, 7) is 1.78. The zero-order valence-electron chi connectivity index (χ0n) is 8.56. The summed E-state index contributed by atoms with van der Waals surface area (Å²) >= 11 is 0. The standard InChI is InChI=1S/C11H18N2O/c1-13(9-11(14)7-12)8-10-5-3-2-4-6-10/h2-6,11,14H,7-9,12H2,1H3. The number of aliphatic hydroxyl groups excluding tert-OH is 1. The molecule has 1 aromatic rings. The molecule has 0 saturated heterocycles. The highest BCUT2D eigenvalue weighted by atomic mass is 16.3. The van der Waals surface area contributed by atoms with Gasteiger partial charge in [-0.2, -0.15) is 0 Å². The fourth-order valence-corrected chi connectivity index (χ4v) is 1.39. The summed E-state index contributed by atoms with van der Waals surface area (Å²) in [5.41, 5.74) is 6.59. The number of rotatable bonds is 5. The number of likely N-dealkylation sites (N-methyl/N-ethyl adjacent to an activating group) is 1. The maximum absolute atomic E-state index is 9.34. The van der Waals surface area contributed by atoms with Crippen molar-refractivity contribution in [3.8, 4) is 0 Å². The van der Waals surface area contributed by atoms with Crippen LogP contribution in [0.3, 0.4) is 0 Å². The molecule has 0 amide bonds. The maximum Gasteiger partial charge on any atom is 0.0789 e. The second kappa shape index (κ2) is 5.75. The normalized spacial score (nSPS) is 13.1. The van der Waals surface area contributed by atoms with Gasteiger partial charge in [-0.3, -0.25) is 4.90 Å².